The minimum atomic E-state index is -3.66. The summed E-state index contributed by atoms with van der Waals surface area (Å²) in [5.74, 6) is -7.52. The van der Waals surface area contributed by atoms with Gasteiger partial charge in [-0.05, 0) is 23.8 Å². The van der Waals surface area contributed by atoms with Crippen LogP contribution in [0.25, 0.3) is 6.08 Å². The van der Waals surface area contributed by atoms with E-state index >= 15 is 0 Å². The van der Waals surface area contributed by atoms with Crippen LogP contribution in [0.3, 0.4) is 0 Å². The van der Waals surface area contributed by atoms with Gasteiger partial charge in [-0.2, -0.15) is 4.31 Å². The summed E-state index contributed by atoms with van der Waals surface area (Å²) in [6, 6.07) is 5.72. The van der Waals surface area contributed by atoms with Gasteiger partial charge in [-0.3, -0.25) is 15.6 Å². The molecule has 3 rings (SSSR count). The molecule has 0 atom stereocenters. The van der Waals surface area contributed by atoms with E-state index in [0.717, 1.165) is 6.08 Å². The van der Waals surface area contributed by atoms with Crippen LogP contribution in [0.4, 0.5) is 23.2 Å². The Morgan fingerprint density at radius 3 is 2.16 bits per heavy atom. The summed E-state index contributed by atoms with van der Waals surface area (Å²) in [6.07, 6.45) is 2.28. The molecule has 0 radical (unpaired) electrons. The molecule has 0 aliphatic carbocycles. The van der Waals surface area contributed by atoms with E-state index in [1.54, 1.807) is 5.43 Å². The van der Waals surface area contributed by atoms with Gasteiger partial charge in [-0.25, -0.2) is 26.0 Å². The Hall–Kier alpha value is -2.96. The van der Waals surface area contributed by atoms with E-state index in [9.17, 15) is 30.8 Å². The first-order chi connectivity index (χ1) is 14.7. The summed E-state index contributed by atoms with van der Waals surface area (Å²) in [4.78, 5) is 11.9. The second-order valence-electron chi connectivity index (χ2n) is 6.38. The topological polar surface area (TPSA) is 87.7 Å². The minimum Gasteiger partial charge on any atom is -0.379 e. The zero-order valence-electron chi connectivity index (χ0n) is 15.9. The fraction of sp³-hybridized carbons (Fsp3) is 0.211. The molecule has 0 bridgehead atoms. The van der Waals surface area contributed by atoms with E-state index in [0.29, 0.717) is 18.8 Å². The van der Waals surface area contributed by atoms with Crippen LogP contribution in [0.5, 0.6) is 0 Å². The lowest BCUT2D eigenvalue weighted by Crippen LogP contribution is -2.40. The molecule has 2 N–H and O–H groups in total. The van der Waals surface area contributed by atoms with E-state index in [1.807, 2.05) is 5.43 Å². The van der Waals surface area contributed by atoms with E-state index < -0.39 is 44.9 Å². The summed E-state index contributed by atoms with van der Waals surface area (Å²) in [5.41, 5.74) is 2.95. The number of hydrogen-bond donors (Lipinski definition) is 2. The fourth-order valence-electron chi connectivity index (χ4n) is 2.71. The summed E-state index contributed by atoms with van der Waals surface area (Å²) >= 11 is 0. The van der Waals surface area contributed by atoms with Crippen LogP contribution in [0.2, 0.25) is 0 Å². The molecule has 1 aliphatic rings. The average molecular weight is 459 g/mol. The first-order valence-corrected chi connectivity index (χ1v) is 10.4. The lowest BCUT2D eigenvalue weighted by atomic mass is 10.2. The molecule has 166 valence electrons. The van der Waals surface area contributed by atoms with Gasteiger partial charge in [0.05, 0.1) is 18.1 Å². The number of morpholine rings is 1. The van der Waals surface area contributed by atoms with Crippen molar-refractivity contribution < 1.29 is 35.5 Å². The Balaban J connectivity index is 1.63. The van der Waals surface area contributed by atoms with Gasteiger partial charge in [-0.1, -0.05) is 12.1 Å². The molecule has 12 heteroatoms. The lowest BCUT2D eigenvalue weighted by molar-refractivity contribution is -0.116. The zero-order chi connectivity index (χ0) is 22.6. The molecule has 2 aromatic carbocycles. The molecule has 31 heavy (non-hydrogen) atoms. The maximum Gasteiger partial charge on any atom is 0.262 e. The number of ether oxygens (including phenoxy) is 1. The maximum absolute atomic E-state index is 13.5. The number of carbonyl (C=O) groups is 1. The van der Waals surface area contributed by atoms with Crippen molar-refractivity contribution in [3.63, 3.8) is 0 Å². The van der Waals surface area contributed by atoms with E-state index in [1.165, 1.54) is 34.6 Å². The van der Waals surface area contributed by atoms with Gasteiger partial charge in [0.1, 0.15) is 5.69 Å². The summed E-state index contributed by atoms with van der Waals surface area (Å²) in [7, 11) is -3.66. The summed E-state index contributed by atoms with van der Waals surface area (Å²) in [6.45, 7) is 1.15. The monoisotopic (exact) mass is 459 g/mol. The normalized spacial score (nSPS) is 15.2. The molecule has 0 unspecified atom stereocenters. The number of benzene rings is 2. The first kappa shape index (κ1) is 22.7. The highest BCUT2D eigenvalue weighted by molar-refractivity contribution is 7.89. The highest BCUT2D eigenvalue weighted by Crippen LogP contribution is 2.23. The quantitative estimate of drug-likeness (QED) is 0.300. The Labute approximate surface area is 175 Å². The molecule has 0 spiro atoms. The Bertz CT molecular complexity index is 1080. The van der Waals surface area contributed by atoms with Gasteiger partial charge >= 0.3 is 0 Å². The molecule has 7 nitrogen and oxygen atoms in total. The van der Waals surface area contributed by atoms with Crippen molar-refractivity contribution in [2.75, 3.05) is 31.7 Å². The Morgan fingerprint density at radius 1 is 1.00 bits per heavy atom. The van der Waals surface area contributed by atoms with Crippen molar-refractivity contribution in [2.45, 2.75) is 4.90 Å². The first-order valence-electron chi connectivity index (χ1n) is 8.95. The number of hydrazine groups is 1. The van der Waals surface area contributed by atoms with Gasteiger partial charge in [-0.15, -0.1) is 0 Å². The van der Waals surface area contributed by atoms with Crippen molar-refractivity contribution in [3.8, 4) is 0 Å². The number of carbonyl (C=O) groups excluding carboxylic acids is 1. The molecule has 1 aliphatic heterocycles. The number of nitrogens with one attached hydrogen (secondary N) is 2. The SMILES string of the molecule is O=C(/C=C/c1ccc(S(=O)(=O)N2CCOCC2)cc1)NNc1c(F)c(F)cc(F)c1F. The highest BCUT2D eigenvalue weighted by atomic mass is 32.2. The molecular formula is C19H17F4N3O4S. The van der Waals surface area contributed by atoms with Gasteiger partial charge in [0, 0.05) is 25.2 Å². The molecule has 1 saturated heterocycles. The number of hydrogen-bond acceptors (Lipinski definition) is 5. The zero-order valence-corrected chi connectivity index (χ0v) is 16.7. The van der Waals surface area contributed by atoms with Crippen molar-refractivity contribution in [1.82, 2.24) is 9.73 Å². The van der Waals surface area contributed by atoms with Crippen LogP contribution in [-0.2, 0) is 19.6 Å². The van der Waals surface area contributed by atoms with Gasteiger partial charge < -0.3 is 4.74 Å². The van der Waals surface area contributed by atoms with Crippen molar-refractivity contribution >= 4 is 27.7 Å². The van der Waals surface area contributed by atoms with Gasteiger partial charge in [0.25, 0.3) is 5.91 Å². The number of nitrogens with zero attached hydrogens (tertiary/aromatic N) is 1. The standard InChI is InChI=1S/C19H17F4N3O4S/c20-14-11-15(21)18(23)19(17(14)22)25-24-16(27)6-3-12-1-4-13(5-2-12)31(28,29)26-7-9-30-10-8-26/h1-6,11,25H,7-10H2,(H,24,27)/b6-3+. The van der Waals surface area contributed by atoms with Crippen LogP contribution in [0, 0.1) is 23.3 Å². The summed E-state index contributed by atoms with van der Waals surface area (Å²) in [5, 5.41) is 0. The number of halogens is 4. The van der Waals surface area contributed by atoms with Crippen LogP contribution in [0.1, 0.15) is 5.56 Å². The van der Waals surface area contributed by atoms with Crippen LogP contribution >= 0.6 is 0 Å². The third-order valence-electron chi connectivity index (χ3n) is 4.34. The smallest absolute Gasteiger partial charge is 0.262 e. The largest absolute Gasteiger partial charge is 0.379 e. The van der Waals surface area contributed by atoms with Crippen molar-refractivity contribution in [2.24, 2.45) is 0 Å². The van der Waals surface area contributed by atoms with Crippen molar-refractivity contribution in [3.05, 3.63) is 65.2 Å². The third-order valence-corrected chi connectivity index (χ3v) is 6.25. The summed E-state index contributed by atoms with van der Waals surface area (Å²) < 4.78 is 84.9. The maximum atomic E-state index is 13.5. The van der Waals surface area contributed by atoms with E-state index in [4.69, 9.17) is 4.74 Å². The molecule has 1 heterocycles. The molecule has 1 amide bonds. The van der Waals surface area contributed by atoms with E-state index in [2.05, 4.69) is 0 Å². The molecule has 0 aromatic heterocycles. The van der Waals surface area contributed by atoms with Gasteiger partial charge in [0.2, 0.25) is 10.0 Å². The van der Waals surface area contributed by atoms with Crippen molar-refractivity contribution in [1.29, 1.82) is 0 Å². The molecule has 2 aromatic rings. The molecule has 1 fully saturated rings. The van der Waals surface area contributed by atoms with Crippen LogP contribution < -0.4 is 10.9 Å². The lowest BCUT2D eigenvalue weighted by Gasteiger charge is -2.26. The second kappa shape index (κ2) is 9.45. The van der Waals surface area contributed by atoms with Crippen LogP contribution in [0.15, 0.2) is 41.3 Å². The number of anilines is 1. The molecular weight excluding hydrogens is 442 g/mol. The fourth-order valence-corrected chi connectivity index (χ4v) is 4.12. The number of sulfonamides is 1. The predicted octanol–water partition coefficient (Wildman–Crippen LogP) is 2.42. The van der Waals surface area contributed by atoms with E-state index in [-0.39, 0.29) is 24.1 Å². The number of rotatable bonds is 6. The van der Waals surface area contributed by atoms with Crippen LogP contribution in [-0.4, -0.2) is 44.9 Å². The second-order valence-corrected chi connectivity index (χ2v) is 8.31. The Morgan fingerprint density at radius 2 is 1.58 bits per heavy atom. The predicted molar refractivity (Wildman–Crippen MR) is 103 cm³/mol. The molecule has 0 saturated carbocycles. The Kier molecular flexibility index (Phi) is 6.93. The average Bonchev–Trinajstić information content (AvgIpc) is 2.77. The highest BCUT2D eigenvalue weighted by Gasteiger charge is 2.26. The third kappa shape index (κ3) is 5.21. The van der Waals surface area contributed by atoms with Gasteiger partial charge in [0.15, 0.2) is 23.3 Å². The number of amides is 1. The minimum absolute atomic E-state index is 0.0422.